The van der Waals surface area contributed by atoms with E-state index in [-0.39, 0.29) is 24.3 Å². The Hall–Kier alpha value is -4.09. The molecule has 2 atom stereocenters. The van der Waals surface area contributed by atoms with Crippen LogP contribution in [-0.4, -0.2) is 62.7 Å². The summed E-state index contributed by atoms with van der Waals surface area (Å²) in [6.07, 6.45) is 4.86. The maximum Gasteiger partial charge on any atom is 0.253 e. The highest BCUT2D eigenvalue weighted by Crippen LogP contribution is 2.37. The maximum absolute atomic E-state index is 13.6. The van der Waals surface area contributed by atoms with Crippen LogP contribution in [0.5, 0.6) is 11.5 Å². The minimum atomic E-state index is -0.494. The summed E-state index contributed by atoms with van der Waals surface area (Å²) in [5.74, 6) is 1.59. The number of rotatable bonds is 6. The molecule has 3 aliphatic rings. The molecule has 0 bridgehead atoms. The Morgan fingerprint density at radius 3 is 2.74 bits per heavy atom. The molecule has 1 saturated heterocycles. The highest BCUT2D eigenvalue weighted by atomic mass is 19.1. The predicted molar refractivity (Wildman–Crippen MR) is 140 cm³/mol. The van der Waals surface area contributed by atoms with Crippen LogP contribution in [0.2, 0.25) is 0 Å². The van der Waals surface area contributed by atoms with Gasteiger partial charge >= 0.3 is 0 Å². The van der Waals surface area contributed by atoms with Crippen LogP contribution in [0.25, 0.3) is 16.5 Å². The third-order valence-electron chi connectivity index (χ3n) is 7.69. The second kappa shape index (κ2) is 9.90. The van der Waals surface area contributed by atoms with Gasteiger partial charge in [0.15, 0.2) is 17.3 Å². The van der Waals surface area contributed by atoms with E-state index in [1.165, 1.54) is 12.1 Å². The molecular formula is C28H27FN6O4. The second-order valence-electron chi connectivity index (χ2n) is 10.1. The van der Waals surface area contributed by atoms with E-state index in [1.807, 2.05) is 12.1 Å². The third-order valence-corrected chi connectivity index (χ3v) is 7.69. The van der Waals surface area contributed by atoms with E-state index < -0.39 is 6.04 Å². The van der Waals surface area contributed by atoms with Crippen molar-refractivity contribution in [2.75, 3.05) is 26.5 Å². The van der Waals surface area contributed by atoms with Crippen LogP contribution >= 0.6 is 0 Å². The molecule has 0 unspecified atom stereocenters. The topological polar surface area (TPSA) is 107 Å². The van der Waals surface area contributed by atoms with Gasteiger partial charge in [0.05, 0.1) is 18.2 Å². The monoisotopic (exact) mass is 530 g/mol. The average molecular weight is 531 g/mol. The fourth-order valence-corrected chi connectivity index (χ4v) is 5.68. The SMILES string of the molecule is O=c1[nH]c2cc3c(cc2cc1[C@@H](c1nnnn1C[C@H]1CCCO1)N1CC=C(c2ccc(F)cc2)CC1)OCO3. The van der Waals surface area contributed by atoms with Crippen molar-refractivity contribution in [1.82, 2.24) is 30.1 Å². The molecule has 0 radical (unpaired) electrons. The zero-order chi connectivity index (χ0) is 26.3. The van der Waals surface area contributed by atoms with Crippen LogP contribution in [0.4, 0.5) is 4.39 Å². The number of hydrogen-bond donors (Lipinski definition) is 1. The van der Waals surface area contributed by atoms with Gasteiger partial charge in [0.25, 0.3) is 5.56 Å². The molecule has 10 nitrogen and oxygen atoms in total. The van der Waals surface area contributed by atoms with Crippen molar-refractivity contribution in [3.63, 3.8) is 0 Å². The van der Waals surface area contributed by atoms with Gasteiger partial charge in [-0.2, -0.15) is 0 Å². The molecule has 1 fully saturated rings. The number of aromatic amines is 1. The average Bonchev–Trinajstić information content (AvgIpc) is 3.72. The summed E-state index contributed by atoms with van der Waals surface area (Å²) in [4.78, 5) is 18.8. The van der Waals surface area contributed by atoms with Crippen molar-refractivity contribution in [3.8, 4) is 11.5 Å². The van der Waals surface area contributed by atoms with Gasteiger partial charge in [-0.05, 0) is 65.1 Å². The fraction of sp³-hybridized carbons (Fsp3) is 0.357. The van der Waals surface area contributed by atoms with Gasteiger partial charge in [0, 0.05) is 36.7 Å². The number of aromatic nitrogens is 5. The van der Waals surface area contributed by atoms with Crippen LogP contribution in [0.3, 0.4) is 0 Å². The number of fused-ring (bicyclic) bond motifs is 2. The minimum absolute atomic E-state index is 0.0360. The first-order chi connectivity index (χ1) is 19.1. The maximum atomic E-state index is 13.6. The normalized spacial score (nSPS) is 19.9. The summed E-state index contributed by atoms with van der Waals surface area (Å²) < 4.78 is 32.1. The highest BCUT2D eigenvalue weighted by Gasteiger charge is 2.33. The number of benzene rings is 2. The van der Waals surface area contributed by atoms with Gasteiger partial charge in [-0.3, -0.25) is 9.69 Å². The third kappa shape index (κ3) is 4.57. The standard InChI is InChI=1S/C28H27FN6O4/c29-20-5-3-17(4-6-20)18-7-9-34(10-8-18)26(27-31-32-33-35(27)15-21-2-1-11-37-21)22-12-19-13-24-25(39-16-38-24)14-23(19)30-28(22)36/h3-7,12-14,21,26H,1-2,8-11,15-16H2,(H,30,36)/t21-,26+/m1/s1. The summed E-state index contributed by atoms with van der Waals surface area (Å²) >= 11 is 0. The summed E-state index contributed by atoms with van der Waals surface area (Å²) in [5.41, 5.74) is 3.14. The zero-order valence-corrected chi connectivity index (χ0v) is 21.2. The predicted octanol–water partition coefficient (Wildman–Crippen LogP) is 3.44. The van der Waals surface area contributed by atoms with Crippen molar-refractivity contribution >= 4 is 16.5 Å². The van der Waals surface area contributed by atoms with Gasteiger partial charge in [-0.25, -0.2) is 9.07 Å². The molecule has 4 aromatic rings. The number of pyridine rings is 1. The van der Waals surface area contributed by atoms with Crippen LogP contribution in [-0.2, 0) is 11.3 Å². The molecule has 0 amide bonds. The Kier molecular flexibility index (Phi) is 6.09. The van der Waals surface area contributed by atoms with Gasteiger partial charge in [-0.15, -0.1) is 5.10 Å². The molecule has 3 aliphatic heterocycles. The smallest absolute Gasteiger partial charge is 0.253 e. The number of H-pyrrole nitrogens is 1. The number of tetrazole rings is 1. The van der Waals surface area contributed by atoms with Gasteiger partial charge in [0.2, 0.25) is 6.79 Å². The molecule has 0 saturated carbocycles. The van der Waals surface area contributed by atoms with Gasteiger partial charge < -0.3 is 19.2 Å². The van der Waals surface area contributed by atoms with E-state index >= 15 is 0 Å². The van der Waals surface area contributed by atoms with E-state index in [0.717, 1.165) is 42.4 Å². The van der Waals surface area contributed by atoms with Crippen LogP contribution in [0.1, 0.15) is 42.3 Å². The molecule has 11 heteroatoms. The molecule has 5 heterocycles. The molecule has 7 rings (SSSR count). The summed E-state index contributed by atoms with van der Waals surface area (Å²) in [7, 11) is 0. The summed E-state index contributed by atoms with van der Waals surface area (Å²) in [6, 6.07) is 11.6. The summed E-state index contributed by atoms with van der Waals surface area (Å²) in [6.45, 7) is 2.64. The minimum Gasteiger partial charge on any atom is -0.454 e. The van der Waals surface area contributed by atoms with Gasteiger partial charge in [-0.1, -0.05) is 18.2 Å². The van der Waals surface area contributed by atoms with E-state index in [1.54, 1.807) is 22.9 Å². The number of hydrogen-bond acceptors (Lipinski definition) is 8. The van der Waals surface area contributed by atoms with E-state index in [4.69, 9.17) is 14.2 Å². The van der Waals surface area contributed by atoms with Crippen molar-refractivity contribution in [1.29, 1.82) is 0 Å². The Morgan fingerprint density at radius 2 is 1.97 bits per heavy atom. The number of halogens is 1. The Bertz CT molecular complexity index is 1610. The second-order valence-corrected chi connectivity index (χ2v) is 10.1. The lowest BCUT2D eigenvalue weighted by atomic mass is 9.96. The van der Waals surface area contributed by atoms with E-state index in [2.05, 4.69) is 31.5 Å². The molecule has 1 N–H and O–H groups in total. The Labute approximate surface area is 223 Å². The lowest BCUT2D eigenvalue weighted by Gasteiger charge is -2.33. The number of ether oxygens (including phenoxy) is 3. The van der Waals surface area contributed by atoms with Crippen molar-refractivity contribution < 1.29 is 18.6 Å². The molecule has 2 aromatic carbocycles. The molecule has 0 spiro atoms. The number of nitrogens with zero attached hydrogens (tertiary/aromatic N) is 5. The first-order valence-corrected chi connectivity index (χ1v) is 13.2. The largest absolute Gasteiger partial charge is 0.454 e. The van der Waals surface area contributed by atoms with E-state index in [0.29, 0.717) is 48.0 Å². The van der Waals surface area contributed by atoms with E-state index in [9.17, 15) is 9.18 Å². The van der Waals surface area contributed by atoms with Gasteiger partial charge in [0.1, 0.15) is 11.9 Å². The molecule has 200 valence electrons. The van der Waals surface area contributed by atoms with Crippen molar-refractivity contribution in [2.45, 2.75) is 38.0 Å². The van der Waals surface area contributed by atoms with Crippen LogP contribution < -0.4 is 15.0 Å². The quantitative estimate of drug-likeness (QED) is 0.404. The Morgan fingerprint density at radius 1 is 1.13 bits per heavy atom. The highest BCUT2D eigenvalue weighted by molar-refractivity contribution is 5.83. The van der Waals surface area contributed by atoms with Crippen molar-refractivity contribution in [2.24, 2.45) is 0 Å². The Balaban J connectivity index is 1.29. The first-order valence-electron chi connectivity index (χ1n) is 13.2. The fourth-order valence-electron chi connectivity index (χ4n) is 5.68. The van der Waals surface area contributed by atoms with Crippen molar-refractivity contribution in [3.05, 3.63) is 81.7 Å². The molecule has 0 aliphatic carbocycles. The zero-order valence-electron chi connectivity index (χ0n) is 21.2. The molecule has 2 aromatic heterocycles. The molecule has 39 heavy (non-hydrogen) atoms. The lowest BCUT2D eigenvalue weighted by molar-refractivity contribution is 0.0910. The lowest BCUT2D eigenvalue weighted by Crippen LogP contribution is -2.38. The summed E-state index contributed by atoms with van der Waals surface area (Å²) in [5, 5.41) is 13.5. The number of nitrogens with one attached hydrogen (secondary N) is 1. The first kappa shape index (κ1) is 24.0. The molecular weight excluding hydrogens is 503 g/mol. The van der Waals surface area contributed by atoms with Crippen LogP contribution in [0, 0.1) is 5.82 Å². The van der Waals surface area contributed by atoms with Crippen LogP contribution in [0.15, 0.2) is 53.3 Å².